The fourth-order valence-corrected chi connectivity index (χ4v) is 2.73. The Labute approximate surface area is 160 Å². The molecular formula is C23H26N2O2. The molecule has 0 aliphatic heterocycles. The van der Waals surface area contributed by atoms with E-state index in [1.807, 2.05) is 54.6 Å². The SMILES string of the molecule is CC(C)CCOc1ccc(NC(=O)CNc2ccc3ccccc3c2)cc1. The van der Waals surface area contributed by atoms with E-state index in [4.69, 9.17) is 4.74 Å². The van der Waals surface area contributed by atoms with Gasteiger partial charge in [-0.1, -0.05) is 44.2 Å². The van der Waals surface area contributed by atoms with Crippen molar-refractivity contribution in [2.75, 3.05) is 23.8 Å². The number of carbonyl (C=O) groups excluding carboxylic acids is 1. The van der Waals surface area contributed by atoms with Crippen molar-refractivity contribution >= 4 is 28.1 Å². The number of nitrogens with one attached hydrogen (secondary N) is 2. The maximum Gasteiger partial charge on any atom is 0.243 e. The summed E-state index contributed by atoms with van der Waals surface area (Å²) in [5.41, 5.74) is 1.69. The van der Waals surface area contributed by atoms with Gasteiger partial charge in [0.25, 0.3) is 0 Å². The lowest BCUT2D eigenvalue weighted by Gasteiger charge is -2.10. The lowest BCUT2D eigenvalue weighted by Crippen LogP contribution is -2.21. The van der Waals surface area contributed by atoms with Crippen LogP contribution in [0.25, 0.3) is 10.8 Å². The highest BCUT2D eigenvalue weighted by molar-refractivity contribution is 5.94. The van der Waals surface area contributed by atoms with Gasteiger partial charge in [0.1, 0.15) is 5.75 Å². The van der Waals surface area contributed by atoms with Crippen molar-refractivity contribution in [2.24, 2.45) is 5.92 Å². The summed E-state index contributed by atoms with van der Waals surface area (Å²) in [6, 6.07) is 21.7. The zero-order valence-corrected chi connectivity index (χ0v) is 15.9. The molecule has 27 heavy (non-hydrogen) atoms. The summed E-state index contributed by atoms with van der Waals surface area (Å²) in [4.78, 5) is 12.2. The van der Waals surface area contributed by atoms with E-state index in [2.05, 4.69) is 36.6 Å². The smallest absolute Gasteiger partial charge is 0.243 e. The average molecular weight is 362 g/mol. The third kappa shape index (κ3) is 5.74. The number of carbonyl (C=O) groups is 1. The first kappa shape index (κ1) is 18.8. The molecule has 4 nitrogen and oxygen atoms in total. The van der Waals surface area contributed by atoms with Crippen LogP contribution in [0.4, 0.5) is 11.4 Å². The van der Waals surface area contributed by atoms with Gasteiger partial charge in [0.2, 0.25) is 5.91 Å². The van der Waals surface area contributed by atoms with Crippen molar-refractivity contribution < 1.29 is 9.53 Å². The van der Waals surface area contributed by atoms with Crippen LogP contribution in [0.5, 0.6) is 5.75 Å². The first-order valence-electron chi connectivity index (χ1n) is 9.35. The normalized spacial score (nSPS) is 10.8. The number of ether oxygens (including phenoxy) is 1. The maximum absolute atomic E-state index is 12.2. The standard InChI is InChI=1S/C23H26N2O2/c1-17(2)13-14-27-22-11-9-20(10-12-22)25-23(26)16-24-21-8-7-18-5-3-4-6-19(18)15-21/h3-12,15,17,24H,13-14,16H2,1-2H3,(H,25,26). The van der Waals surface area contributed by atoms with Crippen LogP contribution in [0.1, 0.15) is 20.3 Å². The Kier molecular flexibility index (Phi) is 6.31. The minimum atomic E-state index is -0.0864. The summed E-state index contributed by atoms with van der Waals surface area (Å²) in [6.45, 7) is 5.27. The van der Waals surface area contributed by atoms with Crippen molar-refractivity contribution in [2.45, 2.75) is 20.3 Å². The predicted molar refractivity (Wildman–Crippen MR) is 112 cm³/mol. The number of benzene rings is 3. The number of fused-ring (bicyclic) bond motifs is 1. The lowest BCUT2D eigenvalue weighted by atomic mass is 10.1. The molecule has 3 aromatic carbocycles. The summed E-state index contributed by atoms with van der Waals surface area (Å²) in [5, 5.41) is 8.40. The van der Waals surface area contributed by atoms with E-state index in [0.717, 1.165) is 28.9 Å². The topological polar surface area (TPSA) is 50.4 Å². The van der Waals surface area contributed by atoms with Crippen molar-refractivity contribution in [3.63, 3.8) is 0 Å². The molecule has 0 fully saturated rings. The van der Waals surface area contributed by atoms with E-state index < -0.39 is 0 Å². The van der Waals surface area contributed by atoms with Gasteiger partial charge in [0.15, 0.2) is 0 Å². The molecule has 0 unspecified atom stereocenters. The summed E-state index contributed by atoms with van der Waals surface area (Å²) in [6.07, 6.45) is 1.03. The molecule has 0 aliphatic carbocycles. The van der Waals surface area contributed by atoms with Gasteiger partial charge in [-0.2, -0.15) is 0 Å². The van der Waals surface area contributed by atoms with Gasteiger partial charge in [-0.25, -0.2) is 0 Å². The van der Waals surface area contributed by atoms with E-state index in [1.54, 1.807) is 0 Å². The van der Waals surface area contributed by atoms with E-state index in [1.165, 1.54) is 5.39 Å². The van der Waals surface area contributed by atoms with Crippen LogP contribution >= 0.6 is 0 Å². The first-order chi connectivity index (χ1) is 13.1. The number of rotatable bonds is 8. The lowest BCUT2D eigenvalue weighted by molar-refractivity contribution is -0.114. The van der Waals surface area contributed by atoms with Crippen LogP contribution in [0.15, 0.2) is 66.7 Å². The summed E-state index contributed by atoms with van der Waals surface area (Å²) in [5.74, 6) is 1.36. The van der Waals surface area contributed by atoms with Crippen LogP contribution < -0.4 is 15.4 Å². The highest BCUT2D eigenvalue weighted by atomic mass is 16.5. The highest BCUT2D eigenvalue weighted by Crippen LogP contribution is 2.19. The minimum Gasteiger partial charge on any atom is -0.494 e. The van der Waals surface area contributed by atoms with E-state index in [0.29, 0.717) is 12.5 Å². The van der Waals surface area contributed by atoms with Crippen LogP contribution in [0, 0.1) is 5.92 Å². The molecular weight excluding hydrogens is 336 g/mol. The van der Waals surface area contributed by atoms with Crippen molar-refractivity contribution in [1.29, 1.82) is 0 Å². The minimum absolute atomic E-state index is 0.0864. The second-order valence-electron chi connectivity index (χ2n) is 7.02. The molecule has 0 radical (unpaired) electrons. The van der Waals surface area contributed by atoms with Crippen LogP contribution in [0.3, 0.4) is 0 Å². The quantitative estimate of drug-likeness (QED) is 0.570. The van der Waals surface area contributed by atoms with Gasteiger partial charge < -0.3 is 15.4 Å². The fourth-order valence-electron chi connectivity index (χ4n) is 2.73. The molecule has 0 heterocycles. The summed E-state index contributed by atoms with van der Waals surface area (Å²) >= 11 is 0. The zero-order chi connectivity index (χ0) is 19.1. The Balaban J connectivity index is 1.48. The van der Waals surface area contributed by atoms with Crippen LogP contribution in [-0.2, 0) is 4.79 Å². The molecule has 0 aromatic heterocycles. The highest BCUT2D eigenvalue weighted by Gasteiger charge is 2.04. The monoisotopic (exact) mass is 362 g/mol. The van der Waals surface area contributed by atoms with Gasteiger partial charge in [-0.15, -0.1) is 0 Å². The van der Waals surface area contributed by atoms with E-state index in [9.17, 15) is 4.79 Å². The van der Waals surface area contributed by atoms with Crippen molar-refractivity contribution in [1.82, 2.24) is 0 Å². The molecule has 1 amide bonds. The third-order valence-corrected chi connectivity index (χ3v) is 4.30. The van der Waals surface area contributed by atoms with E-state index in [-0.39, 0.29) is 12.5 Å². The molecule has 0 aliphatic rings. The zero-order valence-electron chi connectivity index (χ0n) is 15.9. The van der Waals surface area contributed by atoms with Gasteiger partial charge in [0.05, 0.1) is 13.2 Å². The van der Waals surface area contributed by atoms with Crippen molar-refractivity contribution in [3.8, 4) is 5.75 Å². The summed E-state index contributed by atoms with van der Waals surface area (Å²) < 4.78 is 5.69. The summed E-state index contributed by atoms with van der Waals surface area (Å²) in [7, 11) is 0. The Hall–Kier alpha value is -3.01. The molecule has 0 atom stereocenters. The van der Waals surface area contributed by atoms with Gasteiger partial charge >= 0.3 is 0 Å². The molecule has 3 aromatic rings. The van der Waals surface area contributed by atoms with Gasteiger partial charge in [-0.3, -0.25) is 4.79 Å². The number of hydrogen-bond donors (Lipinski definition) is 2. The fraction of sp³-hybridized carbons (Fsp3) is 0.261. The Bertz CT molecular complexity index is 888. The first-order valence-corrected chi connectivity index (χ1v) is 9.35. The molecule has 0 saturated heterocycles. The van der Waals surface area contributed by atoms with Crippen LogP contribution in [0.2, 0.25) is 0 Å². The molecule has 3 rings (SSSR count). The molecule has 4 heteroatoms. The third-order valence-electron chi connectivity index (χ3n) is 4.30. The predicted octanol–water partition coefficient (Wildman–Crippen LogP) is 5.32. The second-order valence-corrected chi connectivity index (χ2v) is 7.02. The molecule has 2 N–H and O–H groups in total. The number of hydrogen-bond acceptors (Lipinski definition) is 3. The Morgan fingerprint density at radius 2 is 1.63 bits per heavy atom. The molecule has 0 spiro atoms. The van der Waals surface area contributed by atoms with Crippen molar-refractivity contribution in [3.05, 3.63) is 66.7 Å². The Morgan fingerprint density at radius 3 is 2.37 bits per heavy atom. The average Bonchev–Trinajstić information content (AvgIpc) is 2.67. The molecule has 0 bridgehead atoms. The molecule has 140 valence electrons. The second kappa shape index (κ2) is 9.08. The maximum atomic E-state index is 12.2. The number of anilines is 2. The van der Waals surface area contributed by atoms with Crippen LogP contribution in [-0.4, -0.2) is 19.1 Å². The number of amides is 1. The van der Waals surface area contributed by atoms with Gasteiger partial charge in [0, 0.05) is 11.4 Å². The van der Waals surface area contributed by atoms with E-state index >= 15 is 0 Å². The Morgan fingerprint density at radius 1 is 0.926 bits per heavy atom. The molecule has 0 saturated carbocycles. The van der Waals surface area contributed by atoms with Gasteiger partial charge in [-0.05, 0) is 59.5 Å². The largest absolute Gasteiger partial charge is 0.494 e.